The van der Waals surface area contributed by atoms with Crippen LogP contribution in [0.1, 0.15) is 51.3 Å². The van der Waals surface area contributed by atoms with E-state index in [4.69, 9.17) is 21.1 Å². The minimum atomic E-state index is -0.699. The number of carbonyl (C=O) groups is 1. The molecule has 0 spiro atoms. The van der Waals surface area contributed by atoms with Gasteiger partial charge in [-0.15, -0.1) is 0 Å². The van der Waals surface area contributed by atoms with Crippen LogP contribution in [0, 0.1) is 0 Å². The second kappa shape index (κ2) is 10.9. The fraction of sp³-hybridized carbons (Fsp3) is 0.600. The summed E-state index contributed by atoms with van der Waals surface area (Å²) in [5.74, 6) is 0.881. The Bertz CT molecular complexity index is 911. The van der Waals surface area contributed by atoms with Crippen LogP contribution in [-0.4, -0.2) is 70.5 Å². The predicted octanol–water partition coefficient (Wildman–Crippen LogP) is 4.17. The SMILES string of the molecule is CC(C)n1nccc1CN1CCOC(COc2ccc(Cl)cc2)(CC(=O)N2CCCCC2)C1. The molecule has 1 aromatic heterocycles. The van der Waals surface area contributed by atoms with Gasteiger partial charge in [0.2, 0.25) is 5.91 Å². The van der Waals surface area contributed by atoms with Crippen LogP contribution in [0.25, 0.3) is 0 Å². The second-order valence-electron chi connectivity index (χ2n) is 9.46. The van der Waals surface area contributed by atoms with Crippen LogP contribution in [0.2, 0.25) is 5.02 Å². The Kier molecular flexibility index (Phi) is 7.94. The van der Waals surface area contributed by atoms with E-state index in [0.717, 1.165) is 44.8 Å². The number of amides is 1. The van der Waals surface area contributed by atoms with Crippen molar-refractivity contribution in [3.63, 3.8) is 0 Å². The molecular formula is C25H35ClN4O3. The van der Waals surface area contributed by atoms with E-state index in [-0.39, 0.29) is 5.91 Å². The van der Waals surface area contributed by atoms with Crippen LogP contribution in [0.5, 0.6) is 5.75 Å². The number of halogens is 1. The molecule has 4 rings (SSSR count). The average Bonchev–Trinajstić information content (AvgIpc) is 3.28. The minimum Gasteiger partial charge on any atom is -0.491 e. The lowest BCUT2D eigenvalue weighted by Gasteiger charge is -2.43. The average molecular weight is 475 g/mol. The number of carbonyl (C=O) groups excluding carboxylic acids is 1. The molecule has 1 atom stereocenters. The zero-order valence-corrected chi connectivity index (χ0v) is 20.5. The van der Waals surface area contributed by atoms with Crippen LogP contribution < -0.4 is 4.74 Å². The van der Waals surface area contributed by atoms with Crippen LogP contribution in [0.3, 0.4) is 0 Å². The number of likely N-dealkylation sites (tertiary alicyclic amines) is 1. The summed E-state index contributed by atoms with van der Waals surface area (Å²) < 4.78 is 14.5. The Morgan fingerprint density at radius 3 is 2.64 bits per heavy atom. The summed E-state index contributed by atoms with van der Waals surface area (Å²) in [6.07, 6.45) is 5.52. The molecule has 0 N–H and O–H groups in total. The van der Waals surface area contributed by atoms with E-state index in [9.17, 15) is 4.79 Å². The normalized spacial score (nSPS) is 22.0. The maximum absolute atomic E-state index is 13.2. The molecule has 1 unspecified atom stereocenters. The molecule has 1 aromatic carbocycles. The molecule has 2 fully saturated rings. The van der Waals surface area contributed by atoms with Gasteiger partial charge >= 0.3 is 0 Å². The molecule has 2 aliphatic heterocycles. The number of morpholine rings is 1. The van der Waals surface area contributed by atoms with Crippen molar-refractivity contribution in [1.82, 2.24) is 19.6 Å². The van der Waals surface area contributed by atoms with Gasteiger partial charge in [-0.25, -0.2) is 0 Å². The van der Waals surface area contributed by atoms with Crippen LogP contribution in [-0.2, 0) is 16.1 Å². The van der Waals surface area contributed by atoms with Gasteiger partial charge in [-0.3, -0.25) is 14.4 Å². The Morgan fingerprint density at radius 2 is 1.91 bits per heavy atom. The molecule has 2 aromatic rings. The molecule has 0 saturated carbocycles. The Morgan fingerprint density at radius 1 is 1.15 bits per heavy atom. The first kappa shape index (κ1) is 24.0. The number of rotatable bonds is 8. The van der Waals surface area contributed by atoms with E-state index in [1.165, 1.54) is 12.1 Å². The Hall–Kier alpha value is -2.09. The fourth-order valence-electron chi connectivity index (χ4n) is 4.74. The van der Waals surface area contributed by atoms with Gasteiger partial charge in [0.25, 0.3) is 0 Å². The van der Waals surface area contributed by atoms with Gasteiger partial charge in [-0.05, 0) is 63.4 Å². The van der Waals surface area contributed by atoms with Gasteiger partial charge in [0.05, 0.1) is 18.7 Å². The number of piperidine rings is 1. The van der Waals surface area contributed by atoms with Crippen molar-refractivity contribution in [1.29, 1.82) is 0 Å². The summed E-state index contributed by atoms with van der Waals surface area (Å²) in [6, 6.07) is 9.69. The summed E-state index contributed by atoms with van der Waals surface area (Å²) in [7, 11) is 0. The monoisotopic (exact) mass is 474 g/mol. The van der Waals surface area contributed by atoms with Crippen LogP contribution in [0.15, 0.2) is 36.5 Å². The number of ether oxygens (including phenoxy) is 2. The van der Waals surface area contributed by atoms with Crippen LogP contribution in [0.4, 0.5) is 0 Å². The van der Waals surface area contributed by atoms with Crippen LogP contribution >= 0.6 is 11.6 Å². The molecular weight excluding hydrogens is 440 g/mol. The lowest BCUT2D eigenvalue weighted by Crippen LogP contribution is -2.57. The number of benzene rings is 1. The summed E-state index contributed by atoms with van der Waals surface area (Å²) in [5.41, 5.74) is 0.469. The number of hydrogen-bond acceptors (Lipinski definition) is 5. The third-order valence-electron chi connectivity index (χ3n) is 6.45. The first-order valence-corrected chi connectivity index (χ1v) is 12.4. The maximum Gasteiger partial charge on any atom is 0.225 e. The van der Waals surface area contributed by atoms with Gasteiger partial charge in [0.1, 0.15) is 18.0 Å². The maximum atomic E-state index is 13.2. The number of aromatic nitrogens is 2. The van der Waals surface area contributed by atoms with Gasteiger partial charge in [0, 0.05) is 50.0 Å². The lowest BCUT2D eigenvalue weighted by molar-refractivity contribution is -0.157. The van der Waals surface area contributed by atoms with Crippen molar-refractivity contribution in [2.45, 2.75) is 57.7 Å². The first-order valence-electron chi connectivity index (χ1n) is 12.0. The quantitative estimate of drug-likeness (QED) is 0.574. The van der Waals surface area contributed by atoms with E-state index >= 15 is 0 Å². The summed E-state index contributed by atoms with van der Waals surface area (Å²) in [5, 5.41) is 5.14. The summed E-state index contributed by atoms with van der Waals surface area (Å²) in [6.45, 7) is 9.03. The van der Waals surface area contributed by atoms with Crippen molar-refractivity contribution < 1.29 is 14.3 Å². The van der Waals surface area contributed by atoms with Crippen molar-refractivity contribution >= 4 is 17.5 Å². The topological polar surface area (TPSA) is 59.8 Å². The standard InChI is InChI=1S/C25H35ClN4O3/c1-20(2)30-22(10-11-27-30)17-28-14-15-33-25(18-28,16-24(31)29-12-4-3-5-13-29)19-32-23-8-6-21(26)7-9-23/h6-11,20H,3-5,12-19H2,1-2H3. The Labute approximate surface area is 201 Å². The van der Waals surface area contributed by atoms with E-state index in [1.54, 1.807) is 0 Å². The zero-order chi connectivity index (χ0) is 23.3. The van der Waals surface area contributed by atoms with Gasteiger partial charge < -0.3 is 14.4 Å². The predicted molar refractivity (Wildman–Crippen MR) is 129 cm³/mol. The highest BCUT2D eigenvalue weighted by Crippen LogP contribution is 2.28. The Balaban J connectivity index is 1.49. The smallest absolute Gasteiger partial charge is 0.225 e. The second-order valence-corrected chi connectivity index (χ2v) is 9.90. The molecule has 2 aliphatic rings. The van der Waals surface area contributed by atoms with Crippen molar-refractivity contribution in [2.24, 2.45) is 0 Å². The largest absolute Gasteiger partial charge is 0.491 e. The molecule has 3 heterocycles. The molecule has 2 saturated heterocycles. The highest BCUT2D eigenvalue weighted by Gasteiger charge is 2.41. The van der Waals surface area contributed by atoms with Gasteiger partial charge in [0.15, 0.2) is 0 Å². The van der Waals surface area contributed by atoms with Crippen molar-refractivity contribution in [3.8, 4) is 5.75 Å². The molecule has 8 heteroatoms. The molecule has 7 nitrogen and oxygen atoms in total. The minimum absolute atomic E-state index is 0.156. The summed E-state index contributed by atoms with van der Waals surface area (Å²) >= 11 is 6.02. The zero-order valence-electron chi connectivity index (χ0n) is 19.7. The van der Waals surface area contributed by atoms with Crippen molar-refractivity contribution in [3.05, 3.63) is 47.2 Å². The molecule has 0 bridgehead atoms. The third-order valence-corrected chi connectivity index (χ3v) is 6.70. The molecule has 33 heavy (non-hydrogen) atoms. The first-order chi connectivity index (χ1) is 15.9. The van der Waals surface area contributed by atoms with Gasteiger partial charge in [-0.1, -0.05) is 11.6 Å². The summed E-state index contributed by atoms with van der Waals surface area (Å²) in [4.78, 5) is 17.6. The van der Waals surface area contributed by atoms with E-state index < -0.39 is 5.60 Å². The van der Waals surface area contributed by atoms with E-state index in [2.05, 4.69) is 34.6 Å². The molecule has 1 amide bonds. The number of nitrogens with zero attached hydrogens (tertiary/aromatic N) is 4. The van der Waals surface area contributed by atoms with E-state index in [1.807, 2.05) is 35.4 Å². The molecule has 0 radical (unpaired) electrons. The fourth-order valence-corrected chi connectivity index (χ4v) is 4.87. The third kappa shape index (κ3) is 6.28. The van der Waals surface area contributed by atoms with Crippen molar-refractivity contribution in [2.75, 3.05) is 39.4 Å². The molecule has 0 aliphatic carbocycles. The highest BCUT2D eigenvalue weighted by molar-refractivity contribution is 6.30. The number of hydrogen-bond donors (Lipinski definition) is 0. The lowest BCUT2D eigenvalue weighted by atomic mass is 9.96. The van der Waals surface area contributed by atoms with Gasteiger partial charge in [-0.2, -0.15) is 5.10 Å². The van der Waals surface area contributed by atoms with E-state index in [0.29, 0.717) is 37.2 Å². The highest BCUT2D eigenvalue weighted by atomic mass is 35.5. The molecule has 180 valence electrons.